The number of aliphatic hydroxyl groups is 1. The minimum absolute atomic E-state index is 0.0543. The minimum Gasteiger partial charge on any atom is -0.479 e. The van der Waals surface area contributed by atoms with Crippen molar-refractivity contribution in [1.82, 2.24) is 0 Å². The van der Waals surface area contributed by atoms with Crippen molar-refractivity contribution in [3.05, 3.63) is 35.4 Å². The number of hydrogen-bond acceptors (Lipinski definition) is 6. The molecule has 0 aromatic heterocycles. The summed E-state index contributed by atoms with van der Waals surface area (Å²) in [5, 5.41) is 37.6. The molecular formula is C17H19FO9. The fraction of sp³-hybridized carbons (Fsp3) is 0.471. The van der Waals surface area contributed by atoms with E-state index < -0.39 is 61.0 Å². The lowest BCUT2D eigenvalue weighted by Gasteiger charge is -2.27. The van der Waals surface area contributed by atoms with Crippen LogP contribution in [0.25, 0.3) is 0 Å². The fourth-order valence-electron chi connectivity index (χ4n) is 2.75. The van der Waals surface area contributed by atoms with Crippen molar-refractivity contribution in [2.45, 2.75) is 43.4 Å². The van der Waals surface area contributed by atoms with Crippen LogP contribution in [0.15, 0.2) is 24.3 Å². The van der Waals surface area contributed by atoms with Crippen LogP contribution in [-0.2, 0) is 25.5 Å². The highest BCUT2D eigenvalue weighted by Gasteiger charge is 2.50. The molecule has 0 amide bonds. The van der Waals surface area contributed by atoms with E-state index >= 15 is 0 Å². The number of carboxylic acids is 3. The summed E-state index contributed by atoms with van der Waals surface area (Å²) in [7, 11) is 0. The predicted octanol–water partition coefficient (Wildman–Crippen LogP) is 0.338. The van der Waals surface area contributed by atoms with Crippen molar-refractivity contribution in [3.63, 3.8) is 0 Å². The molecule has 2 rings (SSSR count). The van der Waals surface area contributed by atoms with Gasteiger partial charge in [0.2, 0.25) is 0 Å². The van der Waals surface area contributed by atoms with Crippen molar-refractivity contribution >= 4 is 17.9 Å². The van der Waals surface area contributed by atoms with Gasteiger partial charge in [-0.15, -0.1) is 0 Å². The van der Waals surface area contributed by atoms with Crippen molar-refractivity contribution in [3.8, 4) is 0 Å². The number of benzene rings is 1. The Balaban J connectivity index is 2.21. The van der Waals surface area contributed by atoms with Crippen molar-refractivity contribution < 1.29 is 48.7 Å². The molecule has 1 aliphatic heterocycles. The van der Waals surface area contributed by atoms with Gasteiger partial charge in [0.15, 0.2) is 6.17 Å². The van der Waals surface area contributed by atoms with Gasteiger partial charge in [-0.3, -0.25) is 0 Å². The number of aliphatic hydroxyl groups excluding tert-OH is 1. The molecule has 0 radical (unpaired) electrons. The fourth-order valence-corrected chi connectivity index (χ4v) is 2.75. The summed E-state index contributed by atoms with van der Waals surface area (Å²) in [6, 6.07) is 4.94. The maximum Gasteiger partial charge on any atom is 0.348 e. The summed E-state index contributed by atoms with van der Waals surface area (Å²) in [6.07, 6.45) is -6.06. The van der Waals surface area contributed by atoms with Crippen LogP contribution < -0.4 is 0 Å². The first-order valence-electron chi connectivity index (χ1n) is 7.99. The van der Waals surface area contributed by atoms with Crippen LogP contribution in [0.3, 0.4) is 0 Å². The number of alkyl halides is 1. The third-order valence-corrected chi connectivity index (χ3v) is 4.38. The summed E-state index contributed by atoms with van der Waals surface area (Å²) in [5.41, 5.74) is -2.57. The Hall–Kier alpha value is -2.56. The van der Waals surface area contributed by atoms with E-state index in [0.29, 0.717) is 0 Å². The Morgan fingerprint density at radius 1 is 1.15 bits per heavy atom. The highest BCUT2D eigenvalue weighted by atomic mass is 19.1. The standard InChI is InChI=1S/C17H19FO9/c1-8-12(18)13(19)11(27-8)7-26-17(15(22)23,16(24)25)6-9-2-4-10(5-3-9)14(20)21/h2-5,8,11-13,19H,6-7H2,1H3,(H,20,21)(H,22,23)(H,24,25). The number of carboxylic acid groups (broad SMARTS) is 3. The van der Waals surface area contributed by atoms with E-state index in [1.54, 1.807) is 0 Å². The van der Waals surface area contributed by atoms with E-state index in [2.05, 4.69) is 0 Å². The lowest BCUT2D eigenvalue weighted by Crippen LogP contribution is -2.52. The summed E-state index contributed by atoms with van der Waals surface area (Å²) in [6.45, 7) is 0.720. The topological polar surface area (TPSA) is 151 Å². The average molecular weight is 386 g/mol. The molecule has 148 valence electrons. The van der Waals surface area contributed by atoms with Crippen LogP contribution >= 0.6 is 0 Å². The number of aromatic carboxylic acids is 1. The molecule has 1 heterocycles. The van der Waals surface area contributed by atoms with Crippen LogP contribution in [0, 0.1) is 0 Å². The third-order valence-electron chi connectivity index (χ3n) is 4.38. The summed E-state index contributed by atoms with van der Waals surface area (Å²) in [5.74, 6) is -4.79. The van der Waals surface area contributed by atoms with E-state index in [9.17, 15) is 34.1 Å². The highest BCUT2D eigenvalue weighted by Crippen LogP contribution is 2.27. The predicted molar refractivity (Wildman–Crippen MR) is 86.3 cm³/mol. The van der Waals surface area contributed by atoms with Gasteiger partial charge in [-0.2, -0.15) is 0 Å². The molecule has 0 bridgehead atoms. The number of hydrogen-bond donors (Lipinski definition) is 4. The lowest BCUT2D eigenvalue weighted by molar-refractivity contribution is -0.189. The molecule has 4 atom stereocenters. The zero-order valence-corrected chi connectivity index (χ0v) is 14.2. The molecule has 0 aliphatic carbocycles. The van der Waals surface area contributed by atoms with E-state index in [1.165, 1.54) is 31.2 Å². The second kappa shape index (κ2) is 7.99. The number of ether oxygens (including phenoxy) is 2. The Morgan fingerprint density at radius 2 is 1.70 bits per heavy atom. The monoisotopic (exact) mass is 386 g/mol. The zero-order valence-electron chi connectivity index (χ0n) is 14.2. The average Bonchev–Trinajstić information content (AvgIpc) is 2.85. The van der Waals surface area contributed by atoms with E-state index in [0.717, 1.165) is 0 Å². The number of rotatable bonds is 8. The molecule has 27 heavy (non-hydrogen) atoms. The molecule has 4 unspecified atom stereocenters. The lowest BCUT2D eigenvalue weighted by atomic mass is 9.93. The van der Waals surface area contributed by atoms with E-state index in [-0.39, 0.29) is 11.1 Å². The Labute approximate surface area is 152 Å². The maximum atomic E-state index is 13.6. The molecule has 1 saturated heterocycles. The summed E-state index contributed by atoms with van der Waals surface area (Å²) < 4.78 is 23.9. The van der Waals surface area contributed by atoms with Crippen molar-refractivity contribution in [1.29, 1.82) is 0 Å². The van der Waals surface area contributed by atoms with Gasteiger partial charge in [0.05, 0.1) is 18.3 Å². The smallest absolute Gasteiger partial charge is 0.348 e. The van der Waals surface area contributed by atoms with Crippen LogP contribution in [0.5, 0.6) is 0 Å². The Kier molecular flexibility index (Phi) is 6.14. The maximum absolute atomic E-state index is 13.6. The third kappa shape index (κ3) is 4.24. The molecule has 4 N–H and O–H groups in total. The van der Waals surface area contributed by atoms with Gasteiger partial charge in [-0.25, -0.2) is 18.8 Å². The largest absolute Gasteiger partial charge is 0.479 e. The zero-order chi connectivity index (χ0) is 20.4. The van der Waals surface area contributed by atoms with Crippen LogP contribution in [0.4, 0.5) is 4.39 Å². The second-order valence-electron chi connectivity index (χ2n) is 6.24. The number of aliphatic carboxylic acids is 2. The molecule has 1 aliphatic rings. The molecule has 1 fully saturated rings. The Bertz CT molecular complexity index is 704. The molecule has 9 nitrogen and oxygen atoms in total. The number of halogens is 1. The van der Waals surface area contributed by atoms with Crippen LogP contribution in [0.2, 0.25) is 0 Å². The van der Waals surface area contributed by atoms with Crippen molar-refractivity contribution in [2.75, 3.05) is 6.61 Å². The molecule has 1 aromatic carbocycles. The normalized spacial score (nSPS) is 25.3. The van der Waals surface area contributed by atoms with Crippen LogP contribution in [0.1, 0.15) is 22.8 Å². The first-order chi connectivity index (χ1) is 12.6. The van der Waals surface area contributed by atoms with Gasteiger partial charge >= 0.3 is 17.9 Å². The highest BCUT2D eigenvalue weighted by molar-refractivity contribution is 6.02. The minimum atomic E-state index is -2.72. The molecule has 0 saturated carbocycles. The Morgan fingerprint density at radius 3 is 2.11 bits per heavy atom. The first-order valence-corrected chi connectivity index (χ1v) is 7.99. The van der Waals surface area contributed by atoms with Gasteiger partial charge in [0.1, 0.15) is 12.2 Å². The molecule has 0 spiro atoms. The first kappa shape index (κ1) is 20.7. The van der Waals surface area contributed by atoms with Crippen molar-refractivity contribution in [2.24, 2.45) is 0 Å². The summed E-state index contributed by atoms with van der Waals surface area (Å²) in [4.78, 5) is 34.2. The van der Waals surface area contributed by atoms with Gasteiger partial charge in [-0.1, -0.05) is 12.1 Å². The quantitative estimate of drug-likeness (QED) is 0.464. The van der Waals surface area contributed by atoms with E-state index in [4.69, 9.17) is 14.6 Å². The molecular weight excluding hydrogens is 367 g/mol. The van der Waals surface area contributed by atoms with Gasteiger partial charge in [-0.05, 0) is 24.6 Å². The van der Waals surface area contributed by atoms with Crippen LogP contribution in [-0.4, -0.2) is 75.0 Å². The number of carbonyl (C=O) groups is 3. The van der Waals surface area contributed by atoms with E-state index in [1.807, 2.05) is 0 Å². The second-order valence-corrected chi connectivity index (χ2v) is 6.24. The van der Waals surface area contributed by atoms with Gasteiger partial charge < -0.3 is 29.9 Å². The van der Waals surface area contributed by atoms with Gasteiger partial charge in [0, 0.05) is 6.42 Å². The molecule has 1 aromatic rings. The van der Waals surface area contributed by atoms with Gasteiger partial charge in [0.25, 0.3) is 5.60 Å². The SMILES string of the molecule is CC1OC(COC(Cc2ccc(C(=O)O)cc2)(C(=O)O)C(=O)O)C(O)C1F. The summed E-state index contributed by atoms with van der Waals surface area (Å²) >= 11 is 0. The molecule has 10 heteroatoms.